The van der Waals surface area contributed by atoms with Gasteiger partial charge in [-0.25, -0.2) is 18.1 Å². The molecule has 0 aromatic carbocycles. The Hall–Kier alpha value is -1.67. The zero-order valence-corrected chi connectivity index (χ0v) is 17.2. The Bertz CT molecular complexity index is 801. The summed E-state index contributed by atoms with van der Waals surface area (Å²) >= 11 is 0. The highest BCUT2D eigenvalue weighted by molar-refractivity contribution is 7.90. The predicted octanol–water partition coefficient (Wildman–Crippen LogP) is 2.15. The van der Waals surface area contributed by atoms with Crippen molar-refractivity contribution in [1.82, 2.24) is 14.6 Å². The molecule has 1 saturated carbocycles. The second-order valence-electron chi connectivity index (χ2n) is 8.23. The number of rotatable bonds is 5. The minimum atomic E-state index is -3.41. The van der Waals surface area contributed by atoms with Gasteiger partial charge in [0.15, 0.2) is 0 Å². The molecule has 0 radical (unpaired) electrons. The van der Waals surface area contributed by atoms with Crippen molar-refractivity contribution in [2.75, 3.05) is 31.1 Å². The van der Waals surface area contributed by atoms with Crippen molar-refractivity contribution in [1.29, 1.82) is 0 Å². The number of piperidine rings is 1. The maximum Gasteiger partial charge on any atom is 0.257 e. The van der Waals surface area contributed by atoms with Crippen molar-refractivity contribution < 1.29 is 13.2 Å². The highest BCUT2D eigenvalue weighted by Crippen LogP contribution is 2.26. The Balaban J connectivity index is 1.48. The van der Waals surface area contributed by atoms with Crippen LogP contribution in [0.25, 0.3) is 0 Å². The van der Waals surface area contributed by atoms with Crippen LogP contribution in [0.2, 0.25) is 0 Å². The van der Waals surface area contributed by atoms with Crippen LogP contribution in [-0.2, 0) is 10.0 Å². The number of likely N-dealkylation sites (tertiary alicyclic amines) is 1. The first-order valence-electron chi connectivity index (χ1n) is 10.5. The number of sulfonamides is 1. The van der Waals surface area contributed by atoms with Gasteiger partial charge in [-0.15, -0.1) is 0 Å². The van der Waals surface area contributed by atoms with Gasteiger partial charge in [0.1, 0.15) is 5.82 Å². The highest BCUT2D eigenvalue weighted by atomic mass is 32.2. The second kappa shape index (κ2) is 8.37. The van der Waals surface area contributed by atoms with Gasteiger partial charge in [-0.1, -0.05) is 12.8 Å². The summed E-state index contributed by atoms with van der Waals surface area (Å²) in [6, 6.07) is 3.67. The molecule has 154 valence electrons. The van der Waals surface area contributed by atoms with Crippen LogP contribution >= 0.6 is 0 Å². The molecule has 1 N–H and O–H groups in total. The largest absolute Gasteiger partial charge is 0.356 e. The summed E-state index contributed by atoms with van der Waals surface area (Å²) in [5.74, 6) is 0.634. The van der Waals surface area contributed by atoms with Crippen LogP contribution in [0.3, 0.4) is 0 Å². The molecule has 28 heavy (non-hydrogen) atoms. The van der Waals surface area contributed by atoms with Crippen LogP contribution in [0, 0.1) is 0 Å². The topological polar surface area (TPSA) is 82.6 Å². The fraction of sp³-hybridized carbons (Fsp3) is 0.700. The van der Waals surface area contributed by atoms with E-state index < -0.39 is 15.3 Å². The van der Waals surface area contributed by atoms with E-state index in [9.17, 15) is 13.2 Å². The lowest BCUT2D eigenvalue weighted by Crippen LogP contribution is -2.50. The quantitative estimate of drug-likeness (QED) is 0.810. The SMILES string of the molecule is O=C(c1cccnc1N1CCCC1)N1CCC[C@@H](S(=O)(=O)NC2CCCC2)C1. The average molecular weight is 407 g/mol. The smallest absolute Gasteiger partial charge is 0.257 e. The summed E-state index contributed by atoms with van der Waals surface area (Å²) in [7, 11) is -3.41. The van der Waals surface area contributed by atoms with Gasteiger partial charge in [-0.3, -0.25) is 4.79 Å². The molecule has 4 rings (SSSR count). The molecule has 8 heteroatoms. The van der Waals surface area contributed by atoms with Gasteiger partial charge in [0.2, 0.25) is 10.0 Å². The number of nitrogens with one attached hydrogen (secondary N) is 1. The first kappa shape index (κ1) is 19.6. The normalized spacial score (nSPS) is 24.1. The number of hydrogen-bond acceptors (Lipinski definition) is 5. The van der Waals surface area contributed by atoms with Gasteiger partial charge < -0.3 is 9.80 Å². The van der Waals surface area contributed by atoms with Crippen molar-refractivity contribution in [3.05, 3.63) is 23.9 Å². The van der Waals surface area contributed by atoms with Crippen molar-refractivity contribution in [2.24, 2.45) is 0 Å². The second-order valence-corrected chi connectivity index (χ2v) is 10.2. The Kier molecular flexibility index (Phi) is 5.87. The number of hydrogen-bond donors (Lipinski definition) is 1. The average Bonchev–Trinajstić information content (AvgIpc) is 3.41. The van der Waals surface area contributed by atoms with E-state index in [0.29, 0.717) is 24.9 Å². The first-order chi connectivity index (χ1) is 13.5. The van der Waals surface area contributed by atoms with E-state index in [0.717, 1.165) is 57.4 Å². The monoisotopic (exact) mass is 406 g/mol. The fourth-order valence-electron chi connectivity index (χ4n) is 4.66. The standard InChI is InChI=1S/C20H30N4O3S/c25-20(18-10-5-11-21-19(18)23-12-3-4-13-23)24-14-6-9-17(15-24)28(26,27)22-16-7-1-2-8-16/h5,10-11,16-17,22H,1-4,6-9,12-15H2/t17-/m1/s1. The van der Waals surface area contributed by atoms with Crippen molar-refractivity contribution in [3.63, 3.8) is 0 Å². The Morgan fingerprint density at radius 1 is 1.04 bits per heavy atom. The molecule has 1 amide bonds. The van der Waals surface area contributed by atoms with E-state index in [1.165, 1.54) is 0 Å². The highest BCUT2D eigenvalue weighted by Gasteiger charge is 2.35. The lowest BCUT2D eigenvalue weighted by atomic mass is 10.1. The number of nitrogens with zero attached hydrogens (tertiary/aromatic N) is 3. The molecule has 0 spiro atoms. The maximum absolute atomic E-state index is 13.2. The summed E-state index contributed by atoms with van der Waals surface area (Å²) in [6.07, 6.45) is 9.28. The Labute approximate surface area is 167 Å². The van der Waals surface area contributed by atoms with Crippen LogP contribution in [-0.4, -0.2) is 61.7 Å². The third kappa shape index (κ3) is 4.17. The third-order valence-electron chi connectivity index (χ3n) is 6.21. The van der Waals surface area contributed by atoms with Crippen molar-refractivity contribution >= 4 is 21.7 Å². The number of aromatic nitrogens is 1. The summed E-state index contributed by atoms with van der Waals surface area (Å²) in [4.78, 5) is 21.6. The molecule has 3 fully saturated rings. The van der Waals surface area contributed by atoms with E-state index in [1.807, 2.05) is 6.07 Å². The molecule has 1 aromatic heterocycles. The van der Waals surface area contributed by atoms with Crippen LogP contribution in [0.1, 0.15) is 61.7 Å². The molecule has 0 unspecified atom stereocenters. The van der Waals surface area contributed by atoms with Gasteiger partial charge >= 0.3 is 0 Å². The Morgan fingerprint density at radius 3 is 2.54 bits per heavy atom. The van der Waals surface area contributed by atoms with Crippen LogP contribution in [0.15, 0.2) is 18.3 Å². The summed E-state index contributed by atoms with van der Waals surface area (Å²) in [6.45, 7) is 2.69. The summed E-state index contributed by atoms with van der Waals surface area (Å²) in [5, 5.41) is -0.530. The number of pyridine rings is 1. The maximum atomic E-state index is 13.2. The van der Waals surface area contributed by atoms with E-state index in [2.05, 4.69) is 14.6 Å². The molecule has 3 aliphatic rings. The minimum Gasteiger partial charge on any atom is -0.356 e. The third-order valence-corrected chi connectivity index (χ3v) is 8.14. The number of anilines is 1. The number of amides is 1. The molecular formula is C20H30N4O3S. The molecule has 0 bridgehead atoms. The number of carbonyl (C=O) groups is 1. The van der Waals surface area contributed by atoms with E-state index in [1.54, 1.807) is 17.2 Å². The van der Waals surface area contributed by atoms with E-state index in [-0.39, 0.29) is 18.5 Å². The predicted molar refractivity (Wildman–Crippen MR) is 109 cm³/mol. The van der Waals surface area contributed by atoms with Crippen LogP contribution in [0.4, 0.5) is 5.82 Å². The molecule has 1 aromatic rings. The van der Waals surface area contributed by atoms with Gasteiger partial charge in [-0.2, -0.15) is 0 Å². The lowest BCUT2D eigenvalue weighted by Gasteiger charge is -2.33. The molecule has 1 atom stereocenters. The Morgan fingerprint density at radius 2 is 1.79 bits per heavy atom. The lowest BCUT2D eigenvalue weighted by molar-refractivity contribution is 0.0727. The zero-order valence-electron chi connectivity index (χ0n) is 16.3. The van der Waals surface area contributed by atoms with Crippen LogP contribution < -0.4 is 9.62 Å². The number of carbonyl (C=O) groups excluding carboxylic acids is 1. The summed E-state index contributed by atoms with van der Waals surface area (Å²) < 4.78 is 28.6. The van der Waals surface area contributed by atoms with E-state index >= 15 is 0 Å². The van der Waals surface area contributed by atoms with Crippen LogP contribution in [0.5, 0.6) is 0 Å². The summed E-state index contributed by atoms with van der Waals surface area (Å²) in [5.41, 5.74) is 0.589. The van der Waals surface area contributed by atoms with Crippen molar-refractivity contribution in [2.45, 2.75) is 62.7 Å². The molecule has 1 aliphatic carbocycles. The first-order valence-corrected chi connectivity index (χ1v) is 12.1. The van der Waals surface area contributed by atoms with Gasteiger partial charge in [0, 0.05) is 38.4 Å². The molecule has 7 nitrogen and oxygen atoms in total. The molecule has 3 heterocycles. The molecule has 2 saturated heterocycles. The van der Waals surface area contributed by atoms with Gasteiger partial charge in [0.25, 0.3) is 5.91 Å². The zero-order chi connectivity index (χ0) is 19.6. The molecular weight excluding hydrogens is 376 g/mol. The van der Waals surface area contributed by atoms with Gasteiger partial charge in [-0.05, 0) is 50.7 Å². The fourth-order valence-corrected chi connectivity index (χ4v) is 6.41. The van der Waals surface area contributed by atoms with Gasteiger partial charge in [0.05, 0.1) is 10.8 Å². The minimum absolute atomic E-state index is 0.0659. The van der Waals surface area contributed by atoms with Crippen molar-refractivity contribution in [3.8, 4) is 0 Å². The van der Waals surface area contributed by atoms with E-state index in [4.69, 9.17) is 0 Å². The molecule has 2 aliphatic heterocycles.